The fourth-order valence-corrected chi connectivity index (χ4v) is 5.23. The highest BCUT2D eigenvalue weighted by Gasteiger charge is 2.20. The summed E-state index contributed by atoms with van der Waals surface area (Å²) in [5.41, 5.74) is 3.03. The zero-order valence-corrected chi connectivity index (χ0v) is 18.8. The maximum atomic E-state index is 12.2. The third kappa shape index (κ3) is 5.91. The van der Waals surface area contributed by atoms with E-state index in [-0.39, 0.29) is 4.90 Å². The highest BCUT2D eigenvalue weighted by molar-refractivity contribution is 7.89. The van der Waals surface area contributed by atoms with Gasteiger partial charge in [0.2, 0.25) is 10.0 Å². The first-order valence-electron chi connectivity index (χ1n) is 10.9. The van der Waals surface area contributed by atoms with Crippen LogP contribution in [0.5, 0.6) is 0 Å². The topological polar surface area (TPSA) is 92.4 Å². The molecule has 2 aromatic carbocycles. The summed E-state index contributed by atoms with van der Waals surface area (Å²) in [6.45, 7) is 4.53. The van der Waals surface area contributed by atoms with Crippen molar-refractivity contribution < 1.29 is 13.5 Å². The van der Waals surface area contributed by atoms with Crippen LogP contribution >= 0.6 is 0 Å². The van der Waals surface area contributed by atoms with E-state index in [1.165, 1.54) is 44.6 Å². The average Bonchev–Trinajstić information content (AvgIpc) is 2.72. The van der Waals surface area contributed by atoms with Gasteiger partial charge in [0.25, 0.3) is 0 Å². The molecule has 0 aliphatic heterocycles. The largest absolute Gasteiger partial charge is 0.389 e. The van der Waals surface area contributed by atoms with Gasteiger partial charge in [0.05, 0.1) is 11.0 Å². The van der Waals surface area contributed by atoms with Gasteiger partial charge in [-0.15, -0.1) is 0 Å². The molecule has 2 atom stereocenters. The van der Waals surface area contributed by atoms with Gasteiger partial charge in [-0.3, -0.25) is 0 Å². The number of aliphatic hydroxyl groups excluding tert-OH is 1. The lowest BCUT2D eigenvalue weighted by molar-refractivity contribution is 0.199. The zero-order chi connectivity index (χ0) is 21.7. The van der Waals surface area contributed by atoms with Crippen molar-refractivity contribution in [2.24, 2.45) is 11.1 Å². The maximum absolute atomic E-state index is 12.2. The van der Waals surface area contributed by atoms with Gasteiger partial charge in [-0.25, -0.2) is 13.6 Å². The first kappa shape index (κ1) is 22.9. The van der Waals surface area contributed by atoms with Gasteiger partial charge in [0, 0.05) is 18.2 Å². The fourth-order valence-electron chi connectivity index (χ4n) is 4.49. The Labute approximate surface area is 180 Å². The van der Waals surface area contributed by atoms with Crippen molar-refractivity contribution >= 4 is 10.0 Å². The van der Waals surface area contributed by atoms with Crippen molar-refractivity contribution in [3.05, 3.63) is 53.6 Å². The maximum Gasteiger partial charge on any atom is 0.238 e. The Morgan fingerprint density at radius 3 is 2.43 bits per heavy atom. The molecule has 0 bridgehead atoms. The quantitative estimate of drug-likeness (QED) is 0.575. The number of hydrogen-bond acceptors (Lipinski definition) is 4. The van der Waals surface area contributed by atoms with Crippen LogP contribution in [0, 0.1) is 5.92 Å². The Morgan fingerprint density at radius 2 is 1.77 bits per heavy atom. The molecule has 1 unspecified atom stereocenters. The van der Waals surface area contributed by atoms with Crippen molar-refractivity contribution in [2.75, 3.05) is 0 Å². The smallest absolute Gasteiger partial charge is 0.238 e. The van der Waals surface area contributed by atoms with Gasteiger partial charge in [-0.2, -0.15) is 0 Å². The highest BCUT2D eigenvalue weighted by Crippen LogP contribution is 2.32. The number of nitrogens with two attached hydrogens (primary N) is 1. The van der Waals surface area contributed by atoms with Crippen molar-refractivity contribution in [3.8, 4) is 11.1 Å². The van der Waals surface area contributed by atoms with Crippen molar-refractivity contribution in [3.63, 3.8) is 0 Å². The second-order valence-corrected chi connectivity index (χ2v) is 10.2. The predicted octanol–water partition coefficient (Wildman–Crippen LogP) is 4.50. The van der Waals surface area contributed by atoms with E-state index in [0.717, 1.165) is 17.0 Å². The summed E-state index contributed by atoms with van der Waals surface area (Å²) in [6, 6.07) is 13.0. The summed E-state index contributed by atoms with van der Waals surface area (Å²) in [5.74, 6) is 0.799. The molecule has 0 saturated heterocycles. The lowest BCUT2D eigenvalue weighted by Crippen LogP contribution is -2.28. The minimum absolute atomic E-state index is 0.0783. The van der Waals surface area contributed by atoms with Gasteiger partial charge < -0.3 is 10.4 Å². The summed E-state index contributed by atoms with van der Waals surface area (Å²) in [4.78, 5) is 0.0783. The highest BCUT2D eigenvalue weighted by atomic mass is 32.2. The van der Waals surface area contributed by atoms with Crippen LogP contribution in [0.25, 0.3) is 11.1 Å². The van der Waals surface area contributed by atoms with E-state index in [2.05, 4.69) is 12.2 Å². The van der Waals surface area contributed by atoms with Crippen molar-refractivity contribution in [1.82, 2.24) is 5.32 Å². The summed E-state index contributed by atoms with van der Waals surface area (Å²) in [5, 5.41) is 19.1. The SMILES string of the molecule is CC(O)c1ccc(S(N)(=O)=O)c(-c2ccccc2CN[C@@H](C)CC2CCCCC2)c1. The van der Waals surface area contributed by atoms with E-state index in [9.17, 15) is 13.5 Å². The predicted molar refractivity (Wildman–Crippen MR) is 121 cm³/mol. The molecular weight excluding hydrogens is 396 g/mol. The molecule has 6 heteroatoms. The molecule has 0 aromatic heterocycles. The van der Waals surface area contributed by atoms with Crippen LogP contribution in [0.15, 0.2) is 47.4 Å². The minimum Gasteiger partial charge on any atom is -0.389 e. The van der Waals surface area contributed by atoms with E-state index in [4.69, 9.17) is 5.14 Å². The molecule has 30 heavy (non-hydrogen) atoms. The average molecular weight is 431 g/mol. The van der Waals surface area contributed by atoms with E-state index in [0.29, 0.717) is 23.7 Å². The van der Waals surface area contributed by atoms with Gasteiger partial charge in [-0.1, -0.05) is 62.4 Å². The van der Waals surface area contributed by atoms with E-state index >= 15 is 0 Å². The van der Waals surface area contributed by atoms with Crippen molar-refractivity contribution in [1.29, 1.82) is 0 Å². The molecule has 2 aromatic rings. The summed E-state index contributed by atoms with van der Waals surface area (Å²) >= 11 is 0. The Bertz CT molecular complexity index is 951. The van der Waals surface area contributed by atoms with Gasteiger partial charge in [0.15, 0.2) is 0 Å². The van der Waals surface area contributed by atoms with Crippen LogP contribution in [0.3, 0.4) is 0 Å². The lowest BCUT2D eigenvalue weighted by Gasteiger charge is -2.25. The minimum atomic E-state index is -3.89. The summed E-state index contributed by atoms with van der Waals surface area (Å²) in [7, 11) is -3.89. The second-order valence-electron chi connectivity index (χ2n) is 8.66. The van der Waals surface area contributed by atoms with E-state index in [1.807, 2.05) is 24.3 Å². The molecule has 1 fully saturated rings. The molecule has 4 N–H and O–H groups in total. The van der Waals surface area contributed by atoms with E-state index in [1.54, 1.807) is 19.1 Å². The zero-order valence-electron chi connectivity index (χ0n) is 18.0. The molecular formula is C24H34N2O3S. The molecule has 0 radical (unpaired) electrons. The van der Waals surface area contributed by atoms with Crippen LogP contribution in [0.4, 0.5) is 0 Å². The molecule has 5 nitrogen and oxygen atoms in total. The van der Waals surface area contributed by atoms with Gasteiger partial charge in [0.1, 0.15) is 0 Å². The number of hydrogen-bond donors (Lipinski definition) is 3. The molecule has 0 heterocycles. The fraction of sp³-hybridized carbons (Fsp3) is 0.500. The molecule has 1 saturated carbocycles. The van der Waals surface area contributed by atoms with E-state index < -0.39 is 16.1 Å². The molecule has 3 rings (SSSR count). The normalized spacial score (nSPS) is 17.6. The van der Waals surface area contributed by atoms with Crippen LogP contribution < -0.4 is 10.5 Å². The monoisotopic (exact) mass is 430 g/mol. The number of aliphatic hydroxyl groups is 1. The Balaban J connectivity index is 1.85. The standard InChI is InChI=1S/C24H34N2O3S/c1-17(14-19-8-4-3-5-9-19)26-16-21-10-6-7-11-22(21)23-15-20(18(2)27)12-13-24(23)30(25,28)29/h6-7,10-13,15,17-19,26-27H,3-5,8-9,14,16H2,1-2H3,(H2,25,28,29)/t17-,18?/m0/s1. The number of nitrogens with one attached hydrogen (secondary N) is 1. The van der Waals surface area contributed by atoms with Crippen LogP contribution in [0.2, 0.25) is 0 Å². The van der Waals surface area contributed by atoms with Gasteiger partial charge >= 0.3 is 0 Å². The molecule has 1 aliphatic rings. The first-order valence-corrected chi connectivity index (χ1v) is 12.5. The Kier molecular flexibility index (Phi) is 7.69. The molecule has 0 spiro atoms. The van der Waals surface area contributed by atoms with Crippen LogP contribution in [-0.2, 0) is 16.6 Å². The lowest BCUT2D eigenvalue weighted by atomic mass is 9.85. The van der Waals surface area contributed by atoms with Crippen LogP contribution in [-0.4, -0.2) is 19.6 Å². The van der Waals surface area contributed by atoms with Crippen molar-refractivity contribution in [2.45, 2.75) is 76.0 Å². The molecule has 164 valence electrons. The number of benzene rings is 2. The number of primary sulfonamides is 1. The third-order valence-corrected chi connectivity index (χ3v) is 7.12. The summed E-state index contributed by atoms with van der Waals surface area (Å²) in [6.07, 6.45) is 7.18. The third-order valence-electron chi connectivity index (χ3n) is 6.15. The Morgan fingerprint density at radius 1 is 1.07 bits per heavy atom. The number of sulfonamides is 1. The molecule has 0 amide bonds. The van der Waals surface area contributed by atoms with Gasteiger partial charge in [-0.05, 0) is 55.0 Å². The molecule has 1 aliphatic carbocycles. The Hall–Kier alpha value is -1.73. The first-order chi connectivity index (χ1) is 14.3. The van der Waals surface area contributed by atoms with Crippen LogP contribution in [0.1, 0.15) is 69.6 Å². The summed E-state index contributed by atoms with van der Waals surface area (Å²) < 4.78 is 24.4. The number of rotatable bonds is 8. The second kappa shape index (κ2) is 10.1.